The first kappa shape index (κ1) is 7.15. The van der Waals surface area contributed by atoms with E-state index in [-0.39, 0.29) is 0 Å². The number of fused-ring (bicyclic) bond motifs is 1. The van der Waals surface area contributed by atoms with E-state index in [0.29, 0.717) is 0 Å². The summed E-state index contributed by atoms with van der Waals surface area (Å²) in [7, 11) is 0. The van der Waals surface area contributed by atoms with Crippen molar-refractivity contribution in [2.45, 2.75) is 45.4 Å². The summed E-state index contributed by atoms with van der Waals surface area (Å²) < 4.78 is 0. The molecule has 1 fully saturated rings. The lowest BCUT2D eigenvalue weighted by atomic mass is 9.82. The normalized spacial score (nSPS) is 24.6. The summed E-state index contributed by atoms with van der Waals surface area (Å²) >= 11 is 0. The molecule has 0 radical (unpaired) electrons. The standard InChI is InChI=1S/C11H16/c1-9-5-4-7-10-6-2-3-8-11(9)10/h7H,2-6,8H2,1H3. The minimum Gasteiger partial charge on any atom is -0.0807 e. The lowest BCUT2D eigenvalue weighted by Crippen LogP contribution is -2.04. The molecule has 60 valence electrons. The van der Waals surface area contributed by atoms with Crippen LogP contribution in [0.25, 0.3) is 0 Å². The summed E-state index contributed by atoms with van der Waals surface area (Å²) in [5.74, 6) is 0. The Morgan fingerprint density at radius 3 is 2.73 bits per heavy atom. The van der Waals surface area contributed by atoms with Gasteiger partial charge in [-0.2, -0.15) is 0 Å². The predicted octanol–water partition coefficient (Wildman–Crippen LogP) is 3.60. The zero-order valence-electron chi connectivity index (χ0n) is 7.32. The highest BCUT2D eigenvalue weighted by Gasteiger charge is 2.16. The van der Waals surface area contributed by atoms with Gasteiger partial charge in [0.05, 0.1) is 0 Å². The molecule has 0 spiro atoms. The molecule has 2 aliphatic carbocycles. The first-order chi connectivity index (χ1) is 5.38. The molecular formula is C11H16. The van der Waals surface area contributed by atoms with Gasteiger partial charge in [0.25, 0.3) is 0 Å². The fraction of sp³-hybridized carbons (Fsp3) is 0.636. The molecule has 0 amide bonds. The first-order valence-corrected chi connectivity index (χ1v) is 4.76. The maximum atomic E-state index is 2.46. The van der Waals surface area contributed by atoms with E-state index < -0.39 is 0 Å². The molecule has 0 aromatic rings. The van der Waals surface area contributed by atoms with Crippen LogP contribution in [0.15, 0.2) is 22.8 Å². The van der Waals surface area contributed by atoms with Crippen LogP contribution in [0.4, 0.5) is 0 Å². The lowest BCUT2D eigenvalue weighted by Gasteiger charge is -2.24. The van der Waals surface area contributed by atoms with Gasteiger partial charge in [-0.25, -0.2) is 0 Å². The topological polar surface area (TPSA) is 0 Å². The molecule has 1 saturated carbocycles. The molecule has 11 heavy (non-hydrogen) atoms. The molecule has 0 aromatic carbocycles. The molecule has 0 saturated heterocycles. The molecule has 0 nitrogen and oxygen atoms in total. The zero-order valence-corrected chi connectivity index (χ0v) is 7.32. The second kappa shape index (κ2) is 2.84. The second-order valence-corrected chi connectivity index (χ2v) is 3.73. The van der Waals surface area contributed by atoms with Crippen molar-refractivity contribution >= 4 is 0 Å². The summed E-state index contributed by atoms with van der Waals surface area (Å²) in [6.07, 6.45) is 10.6. The van der Waals surface area contributed by atoms with E-state index >= 15 is 0 Å². The number of rotatable bonds is 0. The fourth-order valence-corrected chi connectivity index (χ4v) is 2.26. The predicted molar refractivity (Wildman–Crippen MR) is 48.5 cm³/mol. The van der Waals surface area contributed by atoms with E-state index in [2.05, 4.69) is 13.0 Å². The zero-order chi connectivity index (χ0) is 7.68. The van der Waals surface area contributed by atoms with Gasteiger partial charge in [0.1, 0.15) is 0 Å². The average molecular weight is 148 g/mol. The fourth-order valence-electron chi connectivity index (χ4n) is 2.26. The van der Waals surface area contributed by atoms with Gasteiger partial charge in [0.15, 0.2) is 0 Å². The van der Waals surface area contributed by atoms with Crippen molar-refractivity contribution in [3.05, 3.63) is 22.8 Å². The van der Waals surface area contributed by atoms with Crippen LogP contribution in [-0.2, 0) is 0 Å². The van der Waals surface area contributed by atoms with Crippen LogP contribution in [0.2, 0.25) is 0 Å². The van der Waals surface area contributed by atoms with Gasteiger partial charge in [-0.3, -0.25) is 0 Å². The van der Waals surface area contributed by atoms with Gasteiger partial charge >= 0.3 is 0 Å². The van der Waals surface area contributed by atoms with E-state index in [9.17, 15) is 0 Å². The Hall–Kier alpha value is -0.520. The molecular weight excluding hydrogens is 132 g/mol. The van der Waals surface area contributed by atoms with Crippen molar-refractivity contribution in [1.82, 2.24) is 0 Å². The highest BCUT2D eigenvalue weighted by atomic mass is 14.2. The molecule has 2 aliphatic rings. The third-order valence-electron chi connectivity index (χ3n) is 2.94. The summed E-state index contributed by atoms with van der Waals surface area (Å²) in [5.41, 5.74) is 5.06. The van der Waals surface area contributed by atoms with Gasteiger partial charge in [-0.1, -0.05) is 11.6 Å². The molecule has 0 aromatic heterocycles. The Bertz CT molecular complexity index is 218. The van der Waals surface area contributed by atoms with Gasteiger partial charge in [-0.15, -0.1) is 0 Å². The summed E-state index contributed by atoms with van der Waals surface area (Å²) in [6.45, 7) is 2.31. The Balaban J connectivity index is 2.29. The van der Waals surface area contributed by atoms with Crippen LogP contribution >= 0.6 is 0 Å². The van der Waals surface area contributed by atoms with Crippen LogP contribution < -0.4 is 0 Å². The van der Waals surface area contributed by atoms with Crippen LogP contribution in [-0.4, -0.2) is 0 Å². The third-order valence-corrected chi connectivity index (χ3v) is 2.94. The monoisotopic (exact) mass is 148 g/mol. The maximum absolute atomic E-state index is 2.46. The highest BCUT2D eigenvalue weighted by molar-refractivity contribution is 5.39. The number of hydrogen-bond acceptors (Lipinski definition) is 0. The average Bonchev–Trinajstić information content (AvgIpc) is 2.06. The molecule has 0 heterocycles. The first-order valence-electron chi connectivity index (χ1n) is 4.76. The van der Waals surface area contributed by atoms with Gasteiger partial charge < -0.3 is 0 Å². The molecule has 0 aliphatic heterocycles. The van der Waals surface area contributed by atoms with Crippen molar-refractivity contribution in [3.8, 4) is 0 Å². The van der Waals surface area contributed by atoms with Crippen LogP contribution in [0.5, 0.6) is 0 Å². The summed E-state index contributed by atoms with van der Waals surface area (Å²) in [5, 5.41) is 0. The quantitative estimate of drug-likeness (QED) is 0.492. The van der Waals surface area contributed by atoms with E-state index in [0.717, 1.165) is 0 Å². The molecule has 0 unspecified atom stereocenters. The SMILES string of the molecule is CC1=C2CCCCC2=CCC1. The van der Waals surface area contributed by atoms with E-state index in [1.807, 2.05) is 0 Å². The Kier molecular flexibility index (Phi) is 1.85. The van der Waals surface area contributed by atoms with Gasteiger partial charge in [-0.05, 0) is 56.6 Å². The smallest absolute Gasteiger partial charge is 0.0277 e. The van der Waals surface area contributed by atoms with Crippen molar-refractivity contribution in [3.63, 3.8) is 0 Å². The second-order valence-electron chi connectivity index (χ2n) is 3.73. The molecule has 0 heteroatoms. The molecule has 0 atom stereocenters. The Labute approximate surface area is 69.0 Å². The van der Waals surface area contributed by atoms with Gasteiger partial charge in [0, 0.05) is 0 Å². The highest BCUT2D eigenvalue weighted by Crippen LogP contribution is 2.35. The summed E-state index contributed by atoms with van der Waals surface area (Å²) in [6, 6.07) is 0. The maximum Gasteiger partial charge on any atom is -0.0277 e. The minimum atomic E-state index is 1.30. The Morgan fingerprint density at radius 1 is 1.09 bits per heavy atom. The third kappa shape index (κ3) is 1.26. The molecule has 0 N–H and O–H groups in total. The number of allylic oxidation sites excluding steroid dienone is 4. The van der Waals surface area contributed by atoms with Crippen molar-refractivity contribution in [1.29, 1.82) is 0 Å². The largest absolute Gasteiger partial charge is 0.0807 e. The molecule has 2 rings (SSSR count). The lowest BCUT2D eigenvalue weighted by molar-refractivity contribution is 0.656. The van der Waals surface area contributed by atoms with E-state index in [1.165, 1.54) is 38.5 Å². The van der Waals surface area contributed by atoms with Crippen LogP contribution in [0.1, 0.15) is 45.4 Å². The molecule has 0 bridgehead atoms. The van der Waals surface area contributed by atoms with Crippen LogP contribution in [0.3, 0.4) is 0 Å². The van der Waals surface area contributed by atoms with E-state index in [1.54, 1.807) is 16.7 Å². The Morgan fingerprint density at radius 2 is 1.91 bits per heavy atom. The van der Waals surface area contributed by atoms with Gasteiger partial charge in [0.2, 0.25) is 0 Å². The van der Waals surface area contributed by atoms with Crippen molar-refractivity contribution in [2.24, 2.45) is 0 Å². The van der Waals surface area contributed by atoms with E-state index in [4.69, 9.17) is 0 Å². The van der Waals surface area contributed by atoms with Crippen molar-refractivity contribution in [2.75, 3.05) is 0 Å². The summed E-state index contributed by atoms with van der Waals surface area (Å²) in [4.78, 5) is 0. The number of hydrogen-bond donors (Lipinski definition) is 0. The van der Waals surface area contributed by atoms with Crippen molar-refractivity contribution < 1.29 is 0 Å². The minimum absolute atomic E-state index is 1.30. The van der Waals surface area contributed by atoms with Crippen LogP contribution in [0, 0.1) is 0 Å².